The molecule has 1 saturated heterocycles. The zero-order chi connectivity index (χ0) is 17.6. The van der Waals surface area contributed by atoms with Crippen molar-refractivity contribution in [2.45, 2.75) is 31.9 Å². The number of benzene rings is 1. The monoisotopic (exact) mass is 352 g/mol. The molecule has 0 radical (unpaired) electrons. The summed E-state index contributed by atoms with van der Waals surface area (Å²) >= 11 is 0. The zero-order valence-electron chi connectivity index (χ0n) is 13.6. The molecule has 0 spiro atoms. The fraction of sp³-hybridized carbons (Fsp3) is 0.500. The molecule has 1 aromatic carbocycles. The second kappa shape index (κ2) is 6.28. The Morgan fingerprint density at radius 2 is 2.04 bits per heavy atom. The molecule has 4 rings (SSSR count). The number of anilines is 1. The summed E-state index contributed by atoms with van der Waals surface area (Å²) in [4.78, 5) is 16.5. The van der Waals surface area contributed by atoms with Crippen molar-refractivity contribution in [1.82, 2.24) is 4.90 Å². The van der Waals surface area contributed by atoms with Crippen LogP contribution in [-0.2, 0) is 4.79 Å². The summed E-state index contributed by atoms with van der Waals surface area (Å²) in [7, 11) is 0. The molecule has 1 atom stereocenters. The van der Waals surface area contributed by atoms with Gasteiger partial charge < -0.3 is 14.5 Å². The summed E-state index contributed by atoms with van der Waals surface area (Å²) in [6, 6.07) is 2.11. The largest absolute Gasteiger partial charge is 0.432 e. The Hall–Kier alpha value is -2.18. The molecule has 1 aromatic rings. The molecule has 3 aliphatic rings. The average Bonchev–Trinajstić information content (AvgIpc) is 3.31. The van der Waals surface area contributed by atoms with Crippen molar-refractivity contribution in [3.63, 3.8) is 0 Å². The molecule has 0 unspecified atom stereocenters. The van der Waals surface area contributed by atoms with E-state index < -0.39 is 18.2 Å². The Labute approximate surface area is 143 Å². The molecule has 4 nitrogen and oxygen atoms in total. The molecule has 0 aromatic heterocycles. The van der Waals surface area contributed by atoms with Gasteiger partial charge in [0.15, 0.2) is 11.6 Å². The third-order valence-electron chi connectivity index (χ3n) is 5.03. The highest BCUT2D eigenvalue weighted by molar-refractivity contribution is 5.89. The van der Waals surface area contributed by atoms with Crippen LogP contribution in [-0.4, -0.2) is 43.1 Å². The first-order valence-corrected chi connectivity index (χ1v) is 8.53. The first kappa shape index (κ1) is 16.3. The highest BCUT2D eigenvalue weighted by atomic mass is 19.3. The minimum Gasteiger partial charge on any atom is -0.432 e. The summed E-state index contributed by atoms with van der Waals surface area (Å²) in [5, 5.41) is 0. The Balaban J connectivity index is 1.60. The molecule has 25 heavy (non-hydrogen) atoms. The number of amides is 1. The summed E-state index contributed by atoms with van der Waals surface area (Å²) in [5.74, 6) is -0.641. The van der Waals surface area contributed by atoms with Crippen LogP contribution in [0.2, 0.25) is 0 Å². The van der Waals surface area contributed by atoms with Crippen molar-refractivity contribution in [2.75, 3.05) is 24.5 Å². The number of hydrogen-bond donors (Lipinski definition) is 0. The predicted molar refractivity (Wildman–Crippen MR) is 87.1 cm³/mol. The lowest BCUT2D eigenvalue weighted by atomic mass is 10.0. The molecule has 2 heterocycles. The van der Waals surface area contributed by atoms with E-state index in [1.807, 2.05) is 15.9 Å². The quantitative estimate of drug-likeness (QED) is 0.815. The predicted octanol–water partition coefficient (Wildman–Crippen LogP) is 3.27. The second-order valence-corrected chi connectivity index (χ2v) is 6.81. The van der Waals surface area contributed by atoms with E-state index in [4.69, 9.17) is 0 Å². The van der Waals surface area contributed by atoms with Crippen molar-refractivity contribution < 1.29 is 22.7 Å². The minimum atomic E-state index is -3.10. The number of ether oxygens (including phenoxy) is 1. The van der Waals surface area contributed by atoms with Gasteiger partial charge in [0.25, 0.3) is 0 Å². The second-order valence-electron chi connectivity index (χ2n) is 6.81. The lowest BCUT2D eigenvalue weighted by Crippen LogP contribution is -2.43. The summed E-state index contributed by atoms with van der Waals surface area (Å²) in [6.45, 7) is -1.10. The molecule has 134 valence electrons. The molecule has 7 heteroatoms. The molecule has 1 saturated carbocycles. The number of carbonyl (C=O) groups is 1. The standard InChI is InChI=1S/C18H19F3N2O2/c19-13-8-12-2-1-6-23(15(12)9-16(13)25-18(20)21)14-5-7-22(17(14)24)10-11-3-4-11/h1-2,8-9,11,14,18H,3-7,10H2/t14-/m0/s1. The maximum absolute atomic E-state index is 13.9. The van der Waals surface area contributed by atoms with Gasteiger partial charge in [-0.05, 0) is 31.2 Å². The summed E-state index contributed by atoms with van der Waals surface area (Å²) < 4.78 is 43.2. The highest BCUT2D eigenvalue weighted by Gasteiger charge is 2.39. The molecule has 2 fully saturated rings. The van der Waals surface area contributed by atoms with E-state index in [1.165, 1.54) is 25.0 Å². The van der Waals surface area contributed by atoms with E-state index in [1.54, 1.807) is 6.08 Å². The fourth-order valence-corrected chi connectivity index (χ4v) is 3.62. The number of hydrogen-bond acceptors (Lipinski definition) is 3. The molecule has 1 amide bonds. The van der Waals surface area contributed by atoms with Gasteiger partial charge in [0.1, 0.15) is 6.04 Å². The molecular weight excluding hydrogens is 333 g/mol. The highest BCUT2D eigenvalue weighted by Crippen LogP contribution is 2.37. The smallest absolute Gasteiger partial charge is 0.387 e. The third kappa shape index (κ3) is 3.19. The summed E-state index contributed by atoms with van der Waals surface area (Å²) in [5.41, 5.74) is 1.13. The number of halogens is 3. The Morgan fingerprint density at radius 3 is 2.76 bits per heavy atom. The van der Waals surface area contributed by atoms with Crippen LogP contribution in [0.5, 0.6) is 5.75 Å². The Kier molecular flexibility index (Phi) is 4.09. The Bertz CT molecular complexity index is 719. The van der Waals surface area contributed by atoms with Gasteiger partial charge in [0, 0.05) is 37.0 Å². The van der Waals surface area contributed by atoms with E-state index in [2.05, 4.69) is 4.74 Å². The van der Waals surface area contributed by atoms with Crippen molar-refractivity contribution in [3.05, 3.63) is 29.6 Å². The van der Waals surface area contributed by atoms with Crippen LogP contribution >= 0.6 is 0 Å². The van der Waals surface area contributed by atoms with Crippen molar-refractivity contribution in [3.8, 4) is 5.75 Å². The van der Waals surface area contributed by atoms with Gasteiger partial charge >= 0.3 is 6.61 Å². The van der Waals surface area contributed by atoms with Crippen molar-refractivity contribution >= 4 is 17.7 Å². The van der Waals surface area contributed by atoms with Crippen molar-refractivity contribution in [2.24, 2.45) is 5.92 Å². The lowest BCUT2D eigenvalue weighted by molar-refractivity contribution is -0.129. The number of alkyl halides is 2. The van der Waals surface area contributed by atoms with Crippen LogP contribution in [0, 0.1) is 11.7 Å². The number of rotatable bonds is 5. The SMILES string of the molecule is O=C1[C@@H](N2CC=Cc3cc(F)c(OC(F)F)cc32)CCN1CC1CC1. The van der Waals surface area contributed by atoms with Gasteiger partial charge in [-0.15, -0.1) is 0 Å². The number of likely N-dealkylation sites (tertiary alicyclic amines) is 1. The zero-order valence-corrected chi connectivity index (χ0v) is 13.6. The van der Waals surface area contributed by atoms with Gasteiger partial charge in [0.2, 0.25) is 5.91 Å². The van der Waals surface area contributed by atoms with E-state index in [0.717, 1.165) is 6.54 Å². The topological polar surface area (TPSA) is 32.8 Å². The summed E-state index contributed by atoms with van der Waals surface area (Å²) in [6.07, 6.45) is 6.63. The van der Waals surface area contributed by atoms with Crippen LogP contribution in [0.25, 0.3) is 6.08 Å². The number of carbonyl (C=O) groups excluding carboxylic acids is 1. The first-order chi connectivity index (χ1) is 12.0. The van der Waals surface area contributed by atoms with Crippen LogP contribution in [0.3, 0.4) is 0 Å². The van der Waals surface area contributed by atoms with Gasteiger partial charge in [-0.25, -0.2) is 4.39 Å². The van der Waals surface area contributed by atoms with Gasteiger partial charge in [-0.1, -0.05) is 12.2 Å². The van der Waals surface area contributed by atoms with E-state index in [9.17, 15) is 18.0 Å². The molecule has 0 N–H and O–H groups in total. The van der Waals surface area contributed by atoms with E-state index in [0.29, 0.717) is 36.7 Å². The molecule has 2 aliphatic heterocycles. The third-order valence-corrected chi connectivity index (χ3v) is 5.03. The fourth-order valence-electron chi connectivity index (χ4n) is 3.62. The first-order valence-electron chi connectivity index (χ1n) is 8.53. The lowest BCUT2D eigenvalue weighted by Gasteiger charge is -2.33. The van der Waals surface area contributed by atoms with E-state index >= 15 is 0 Å². The van der Waals surface area contributed by atoms with Crippen LogP contribution in [0.4, 0.5) is 18.9 Å². The van der Waals surface area contributed by atoms with Crippen LogP contribution in [0.15, 0.2) is 18.2 Å². The molecule has 1 aliphatic carbocycles. The molecule has 0 bridgehead atoms. The minimum absolute atomic E-state index is 0.0637. The number of nitrogens with zero attached hydrogens (tertiary/aromatic N) is 2. The van der Waals surface area contributed by atoms with Crippen molar-refractivity contribution in [1.29, 1.82) is 0 Å². The van der Waals surface area contributed by atoms with Gasteiger partial charge in [-0.3, -0.25) is 4.79 Å². The van der Waals surface area contributed by atoms with Crippen LogP contribution < -0.4 is 9.64 Å². The molecular formula is C18H19F3N2O2. The van der Waals surface area contributed by atoms with Gasteiger partial charge in [-0.2, -0.15) is 8.78 Å². The van der Waals surface area contributed by atoms with Gasteiger partial charge in [0.05, 0.1) is 0 Å². The maximum Gasteiger partial charge on any atom is 0.387 e. The number of fused-ring (bicyclic) bond motifs is 1. The van der Waals surface area contributed by atoms with E-state index in [-0.39, 0.29) is 11.9 Å². The normalized spacial score (nSPS) is 22.7. The average molecular weight is 352 g/mol. The maximum atomic E-state index is 13.9. The van der Waals surface area contributed by atoms with Crippen LogP contribution in [0.1, 0.15) is 24.8 Å². The Morgan fingerprint density at radius 1 is 1.24 bits per heavy atom.